The molecule has 168 valence electrons. The van der Waals surface area contributed by atoms with Crippen molar-refractivity contribution in [3.63, 3.8) is 0 Å². The minimum atomic E-state index is -3.98. The molecular formula is C23H26N4O4S. The number of nitrogens with zero attached hydrogens (tertiary/aromatic N) is 2. The number of aliphatic carboxylic acids is 1. The molecule has 3 rings (SSSR count). The van der Waals surface area contributed by atoms with Crippen LogP contribution in [0.4, 0.5) is 5.95 Å². The summed E-state index contributed by atoms with van der Waals surface area (Å²) in [6.07, 6.45) is 0.539. The van der Waals surface area contributed by atoms with E-state index in [2.05, 4.69) is 20.0 Å². The Kier molecular flexibility index (Phi) is 7.55. The summed E-state index contributed by atoms with van der Waals surface area (Å²) < 4.78 is 27.7. The maximum Gasteiger partial charge on any atom is 0.321 e. The maximum atomic E-state index is 12.7. The largest absolute Gasteiger partial charge is 0.480 e. The zero-order chi connectivity index (χ0) is 23.1. The highest BCUT2D eigenvalue weighted by molar-refractivity contribution is 7.89. The summed E-state index contributed by atoms with van der Waals surface area (Å²) >= 11 is 0. The van der Waals surface area contributed by atoms with Crippen LogP contribution in [0.3, 0.4) is 0 Å². The molecule has 0 aliphatic heterocycles. The van der Waals surface area contributed by atoms with Gasteiger partial charge in [-0.05, 0) is 56.0 Å². The lowest BCUT2D eigenvalue weighted by molar-refractivity contribution is -0.139. The SMILES string of the molecule is Cc1cc(C)nc(NCCC[C@H](NS(=O)(=O)c2ccc(-c3ccccc3)cc2)C(=O)O)n1. The highest BCUT2D eigenvalue weighted by atomic mass is 32.2. The van der Waals surface area contributed by atoms with Gasteiger partial charge in [0, 0.05) is 17.9 Å². The first-order valence-electron chi connectivity index (χ1n) is 10.2. The Morgan fingerprint density at radius 2 is 1.56 bits per heavy atom. The molecule has 0 saturated heterocycles. The first-order valence-corrected chi connectivity index (χ1v) is 11.7. The van der Waals surface area contributed by atoms with Crippen molar-refractivity contribution in [1.82, 2.24) is 14.7 Å². The summed E-state index contributed by atoms with van der Waals surface area (Å²) in [5.41, 5.74) is 3.50. The molecule has 32 heavy (non-hydrogen) atoms. The van der Waals surface area contributed by atoms with E-state index in [0.717, 1.165) is 22.5 Å². The Bertz CT molecular complexity index is 1150. The van der Waals surface area contributed by atoms with E-state index >= 15 is 0 Å². The fraction of sp³-hybridized carbons (Fsp3) is 0.261. The number of aryl methyl sites for hydroxylation is 2. The summed E-state index contributed by atoms with van der Waals surface area (Å²) in [6, 6.07) is 16.5. The molecule has 3 N–H and O–H groups in total. The van der Waals surface area contributed by atoms with Crippen molar-refractivity contribution in [2.75, 3.05) is 11.9 Å². The number of hydrogen-bond donors (Lipinski definition) is 3. The van der Waals surface area contributed by atoms with E-state index < -0.39 is 22.0 Å². The molecule has 0 fully saturated rings. The van der Waals surface area contributed by atoms with Crippen LogP contribution in [-0.2, 0) is 14.8 Å². The van der Waals surface area contributed by atoms with Crippen molar-refractivity contribution in [2.24, 2.45) is 0 Å². The molecule has 0 spiro atoms. The van der Waals surface area contributed by atoms with Gasteiger partial charge >= 0.3 is 5.97 Å². The first kappa shape index (κ1) is 23.4. The number of aromatic nitrogens is 2. The van der Waals surface area contributed by atoms with Crippen molar-refractivity contribution < 1.29 is 18.3 Å². The molecule has 0 aliphatic carbocycles. The van der Waals surface area contributed by atoms with Gasteiger partial charge in [-0.2, -0.15) is 4.72 Å². The zero-order valence-electron chi connectivity index (χ0n) is 17.9. The number of nitrogens with one attached hydrogen (secondary N) is 2. The van der Waals surface area contributed by atoms with Crippen molar-refractivity contribution in [2.45, 2.75) is 37.6 Å². The van der Waals surface area contributed by atoms with Crippen molar-refractivity contribution >= 4 is 21.9 Å². The fourth-order valence-electron chi connectivity index (χ4n) is 3.26. The number of carbonyl (C=O) groups is 1. The first-order chi connectivity index (χ1) is 15.2. The Morgan fingerprint density at radius 1 is 0.969 bits per heavy atom. The van der Waals surface area contributed by atoms with E-state index in [0.29, 0.717) is 18.9 Å². The Balaban J connectivity index is 1.60. The molecule has 9 heteroatoms. The average molecular weight is 455 g/mol. The van der Waals surface area contributed by atoms with Crippen LogP contribution in [0.5, 0.6) is 0 Å². The summed E-state index contributed by atoms with van der Waals surface area (Å²) in [5, 5.41) is 12.5. The normalized spacial score (nSPS) is 12.3. The van der Waals surface area contributed by atoms with E-state index in [1.807, 2.05) is 50.2 Å². The highest BCUT2D eigenvalue weighted by Gasteiger charge is 2.25. The molecule has 0 amide bonds. The third-order valence-electron chi connectivity index (χ3n) is 4.80. The van der Waals surface area contributed by atoms with Gasteiger partial charge in [0.1, 0.15) is 6.04 Å². The molecule has 0 saturated carbocycles. The zero-order valence-corrected chi connectivity index (χ0v) is 18.8. The van der Waals surface area contributed by atoms with Crippen LogP contribution in [0.2, 0.25) is 0 Å². The number of carboxylic acid groups (broad SMARTS) is 1. The van der Waals surface area contributed by atoms with Gasteiger partial charge in [-0.15, -0.1) is 0 Å². The molecule has 0 aliphatic rings. The van der Waals surface area contributed by atoms with Crippen LogP contribution >= 0.6 is 0 Å². The number of hydrogen-bond acceptors (Lipinski definition) is 6. The maximum absolute atomic E-state index is 12.7. The molecule has 8 nitrogen and oxygen atoms in total. The lowest BCUT2D eigenvalue weighted by Gasteiger charge is -2.15. The van der Waals surface area contributed by atoms with Crippen molar-refractivity contribution in [1.29, 1.82) is 0 Å². The molecule has 1 aromatic heterocycles. The van der Waals surface area contributed by atoms with E-state index in [9.17, 15) is 18.3 Å². The van der Waals surface area contributed by atoms with E-state index in [1.165, 1.54) is 12.1 Å². The second kappa shape index (κ2) is 10.3. The Labute approximate surface area is 187 Å². The van der Waals surface area contributed by atoms with Crippen LogP contribution in [0.1, 0.15) is 24.2 Å². The molecule has 0 radical (unpaired) electrons. The second-order valence-electron chi connectivity index (χ2n) is 7.45. The van der Waals surface area contributed by atoms with Crippen LogP contribution in [0.25, 0.3) is 11.1 Å². The number of carboxylic acids is 1. The van der Waals surface area contributed by atoms with Gasteiger partial charge in [0.05, 0.1) is 4.90 Å². The monoisotopic (exact) mass is 454 g/mol. The molecule has 1 heterocycles. The summed E-state index contributed by atoms with van der Waals surface area (Å²) in [7, 11) is -3.98. The van der Waals surface area contributed by atoms with Gasteiger partial charge in [-0.3, -0.25) is 4.79 Å². The summed E-state index contributed by atoms with van der Waals surface area (Å²) in [5.74, 6) is -0.759. The van der Waals surface area contributed by atoms with Gasteiger partial charge in [0.15, 0.2) is 0 Å². The van der Waals surface area contributed by atoms with E-state index in [4.69, 9.17) is 0 Å². The molecular weight excluding hydrogens is 428 g/mol. The predicted octanol–water partition coefficient (Wildman–Crippen LogP) is 3.38. The number of anilines is 1. The molecule has 0 unspecified atom stereocenters. The number of sulfonamides is 1. The minimum absolute atomic E-state index is 0.0187. The van der Waals surface area contributed by atoms with Crippen molar-refractivity contribution in [3.8, 4) is 11.1 Å². The molecule has 2 aromatic carbocycles. The Hall–Kier alpha value is -3.30. The van der Waals surface area contributed by atoms with E-state index in [-0.39, 0.29) is 11.3 Å². The predicted molar refractivity (Wildman–Crippen MR) is 123 cm³/mol. The van der Waals surface area contributed by atoms with Crippen LogP contribution in [-0.4, -0.2) is 42.0 Å². The van der Waals surface area contributed by atoms with Gasteiger partial charge in [0.2, 0.25) is 16.0 Å². The average Bonchev–Trinajstić information content (AvgIpc) is 2.76. The summed E-state index contributed by atoms with van der Waals surface area (Å²) in [4.78, 5) is 20.2. The quantitative estimate of drug-likeness (QED) is 0.402. The molecule has 0 bridgehead atoms. The topological polar surface area (TPSA) is 121 Å². The van der Waals surface area contributed by atoms with Gasteiger partial charge < -0.3 is 10.4 Å². The lowest BCUT2D eigenvalue weighted by atomic mass is 10.1. The number of benzene rings is 2. The van der Waals surface area contributed by atoms with Crippen LogP contribution in [0.15, 0.2) is 65.6 Å². The smallest absolute Gasteiger partial charge is 0.321 e. The third kappa shape index (κ3) is 6.35. The molecule has 3 aromatic rings. The van der Waals surface area contributed by atoms with Crippen LogP contribution < -0.4 is 10.0 Å². The number of rotatable bonds is 10. The van der Waals surface area contributed by atoms with Gasteiger partial charge in [0.25, 0.3) is 0 Å². The standard InChI is InChI=1S/C23H26N4O4S/c1-16-15-17(2)26-23(25-16)24-14-6-9-21(22(28)29)27-32(30,31)20-12-10-19(11-13-20)18-7-4-3-5-8-18/h3-5,7-8,10-13,15,21,27H,6,9,14H2,1-2H3,(H,28,29)(H,24,25,26)/t21-/m0/s1. The van der Waals surface area contributed by atoms with Gasteiger partial charge in [-0.25, -0.2) is 18.4 Å². The van der Waals surface area contributed by atoms with E-state index in [1.54, 1.807) is 12.1 Å². The summed E-state index contributed by atoms with van der Waals surface area (Å²) in [6.45, 7) is 4.14. The lowest BCUT2D eigenvalue weighted by Crippen LogP contribution is -2.40. The third-order valence-corrected chi connectivity index (χ3v) is 6.29. The second-order valence-corrected chi connectivity index (χ2v) is 9.16. The fourth-order valence-corrected chi connectivity index (χ4v) is 4.48. The Morgan fingerprint density at radius 3 is 2.16 bits per heavy atom. The van der Waals surface area contributed by atoms with Crippen LogP contribution in [0, 0.1) is 13.8 Å². The minimum Gasteiger partial charge on any atom is -0.480 e. The van der Waals surface area contributed by atoms with Gasteiger partial charge in [-0.1, -0.05) is 42.5 Å². The van der Waals surface area contributed by atoms with Crippen molar-refractivity contribution in [3.05, 3.63) is 72.1 Å². The highest BCUT2D eigenvalue weighted by Crippen LogP contribution is 2.21. The molecule has 1 atom stereocenters.